The average Bonchev–Trinajstić information content (AvgIpc) is 3.05. The van der Waals surface area contributed by atoms with E-state index in [1.165, 1.54) is 6.07 Å². The van der Waals surface area contributed by atoms with Crippen molar-refractivity contribution in [3.8, 4) is 11.3 Å². The maximum Gasteiger partial charge on any atom is 0.257 e. The molecule has 0 aliphatic carbocycles. The van der Waals surface area contributed by atoms with Gasteiger partial charge in [0.15, 0.2) is 0 Å². The first-order valence-electron chi connectivity index (χ1n) is 7.24. The van der Waals surface area contributed by atoms with E-state index < -0.39 is 0 Å². The van der Waals surface area contributed by atoms with E-state index in [4.69, 9.17) is 44.3 Å². The first kappa shape index (κ1) is 17.8. The molecular formula is C18H12Cl3NO3. The van der Waals surface area contributed by atoms with Gasteiger partial charge in [0.1, 0.15) is 18.1 Å². The number of furan rings is 1. The van der Waals surface area contributed by atoms with Crippen LogP contribution in [0.15, 0.2) is 52.9 Å². The third kappa shape index (κ3) is 3.99. The predicted molar refractivity (Wildman–Crippen MR) is 99.5 cm³/mol. The predicted octanol–water partition coefficient (Wildman–Crippen LogP) is 5.65. The van der Waals surface area contributed by atoms with Crippen LogP contribution in [0.25, 0.3) is 11.3 Å². The van der Waals surface area contributed by atoms with Crippen molar-refractivity contribution >= 4 is 46.4 Å². The number of hydrogen-bond donors (Lipinski definition) is 2. The van der Waals surface area contributed by atoms with E-state index >= 15 is 0 Å². The molecule has 0 bridgehead atoms. The van der Waals surface area contributed by atoms with E-state index in [2.05, 4.69) is 5.32 Å². The van der Waals surface area contributed by atoms with Crippen LogP contribution < -0.4 is 5.32 Å². The molecule has 0 aliphatic heterocycles. The van der Waals surface area contributed by atoms with Crippen LogP contribution in [0.1, 0.15) is 16.1 Å². The zero-order chi connectivity index (χ0) is 18.0. The molecular weight excluding hydrogens is 385 g/mol. The van der Waals surface area contributed by atoms with Gasteiger partial charge in [0.05, 0.1) is 15.6 Å². The smallest absolute Gasteiger partial charge is 0.257 e. The summed E-state index contributed by atoms with van der Waals surface area (Å²) in [5.41, 5.74) is 1.43. The van der Waals surface area contributed by atoms with Gasteiger partial charge < -0.3 is 14.8 Å². The van der Waals surface area contributed by atoms with Gasteiger partial charge in [0.25, 0.3) is 5.91 Å². The Labute approximate surface area is 158 Å². The van der Waals surface area contributed by atoms with Gasteiger partial charge in [-0.1, -0.05) is 34.8 Å². The molecule has 0 saturated carbocycles. The maximum atomic E-state index is 12.4. The molecule has 1 amide bonds. The Morgan fingerprint density at radius 2 is 1.80 bits per heavy atom. The van der Waals surface area contributed by atoms with E-state index in [0.717, 1.165) is 0 Å². The van der Waals surface area contributed by atoms with Gasteiger partial charge in [-0.2, -0.15) is 0 Å². The molecule has 3 aromatic rings. The lowest BCUT2D eigenvalue weighted by molar-refractivity contribution is 0.102. The van der Waals surface area contributed by atoms with Gasteiger partial charge in [-0.25, -0.2) is 0 Å². The van der Waals surface area contributed by atoms with Gasteiger partial charge in [-0.15, -0.1) is 0 Å². The Hall–Kier alpha value is -1.98. The highest BCUT2D eigenvalue weighted by Crippen LogP contribution is 2.32. The zero-order valence-electron chi connectivity index (χ0n) is 12.7. The number of anilines is 1. The van der Waals surface area contributed by atoms with Crippen molar-refractivity contribution in [2.75, 3.05) is 5.32 Å². The Bertz CT molecular complexity index is 937. The van der Waals surface area contributed by atoms with Crippen molar-refractivity contribution in [2.24, 2.45) is 0 Å². The Balaban J connectivity index is 1.88. The van der Waals surface area contributed by atoms with Gasteiger partial charge in [0, 0.05) is 16.3 Å². The molecule has 7 heteroatoms. The molecule has 1 aromatic heterocycles. The van der Waals surface area contributed by atoms with Crippen LogP contribution in [-0.2, 0) is 6.61 Å². The van der Waals surface area contributed by atoms with Crippen LogP contribution in [0.5, 0.6) is 0 Å². The molecule has 3 rings (SSSR count). The van der Waals surface area contributed by atoms with Crippen LogP contribution in [0.3, 0.4) is 0 Å². The molecule has 0 saturated heterocycles. The third-order valence-corrected chi connectivity index (χ3v) is 4.36. The second kappa shape index (κ2) is 7.50. The normalized spacial score (nSPS) is 10.7. The number of benzene rings is 2. The molecule has 0 spiro atoms. The number of aliphatic hydroxyl groups excluding tert-OH is 1. The maximum absolute atomic E-state index is 12.4. The number of aliphatic hydroxyl groups is 1. The third-order valence-electron chi connectivity index (χ3n) is 3.48. The summed E-state index contributed by atoms with van der Waals surface area (Å²) in [5, 5.41) is 13.0. The highest BCUT2D eigenvalue weighted by molar-refractivity contribution is 6.37. The molecule has 128 valence electrons. The summed E-state index contributed by atoms with van der Waals surface area (Å²) in [6.45, 7) is -0.205. The summed E-state index contributed by atoms with van der Waals surface area (Å²) in [6.07, 6.45) is 0. The largest absolute Gasteiger partial charge is 0.459 e. The molecule has 2 aromatic carbocycles. The molecule has 1 heterocycles. The second-order valence-corrected chi connectivity index (χ2v) is 6.45. The van der Waals surface area contributed by atoms with Crippen molar-refractivity contribution in [1.29, 1.82) is 0 Å². The Morgan fingerprint density at radius 1 is 1.00 bits per heavy atom. The molecule has 25 heavy (non-hydrogen) atoms. The summed E-state index contributed by atoms with van der Waals surface area (Å²) < 4.78 is 5.49. The fourth-order valence-corrected chi connectivity index (χ4v) is 2.98. The lowest BCUT2D eigenvalue weighted by atomic mass is 10.1. The fraction of sp³-hybridized carbons (Fsp3) is 0.0556. The summed E-state index contributed by atoms with van der Waals surface area (Å²) in [6, 6.07) is 13.0. The van der Waals surface area contributed by atoms with Crippen molar-refractivity contribution in [3.63, 3.8) is 0 Å². The number of hydrogen-bond acceptors (Lipinski definition) is 3. The SMILES string of the molecule is O=C(Nc1ccc(Cl)c(-c2ccc(CO)o2)c1)c1ccc(Cl)cc1Cl. The van der Waals surface area contributed by atoms with Gasteiger partial charge in [-0.05, 0) is 48.5 Å². The van der Waals surface area contributed by atoms with Crippen LogP contribution >= 0.6 is 34.8 Å². The first-order chi connectivity index (χ1) is 12.0. The highest BCUT2D eigenvalue weighted by Gasteiger charge is 2.14. The summed E-state index contributed by atoms with van der Waals surface area (Å²) in [5.74, 6) is 0.550. The van der Waals surface area contributed by atoms with Gasteiger partial charge >= 0.3 is 0 Å². The summed E-state index contributed by atoms with van der Waals surface area (Å²) in [4.78, 5) is 12.4. The number of nitrogens with one attached hydrogen (secondary N) is 1. The van der Waals surface area contributed by atoms with E-state index in [1.807, 2.05) is 0 Å². The number of halogens is 3. The van der Waals surface area contributed by atoms with Crippen molar-refractivity contribution in [2.45, 2.75) is 6.61 Å². The van der Waals surface area contributed by atoms with Crippen LogP contribution in [0.2, 0.25) is 15.1 Å². The fourth-order valence-electron chi connectivity index (χ4n) is 2.27. The van der Waals surface area contributed by atoms with E-state index in [9.17, 15) is 4.79 Å². The lowest BCUT2D eigenvalue weighted by Gasteiger charge is -2.09. The van der Waals surface area contributed by atoms with Crippen LogP contribution in [-0.4, -0.2) is 11.0 Å². The van der Waals surface area contributed by atoms with Crippen LogP contribution in [0, 0.1) is 0 Å². The minimum atomic E-state index is -0.370. The summed E-state index contributed by atoms with van der Waals surface area (Å²) in [7, 11) is 0. The minimum absolute atomic E-state index is 0.205. The van der Waals surface area contributed by atoms with Gasteiger partial charge in [-0.3, -0.25) is 4.79 Å². The van der Waals surface area contributed by atoms with E-state index in [0.29, 0.717) is 38.4 Å². The number of amides is 1. The average molecular weight is 397 g/mol. The zero-order valence-corrected chi connectivity index (χ0v) is 15.0. The topological polar surface area (TPSA) is 62.5 Å². The van der Waals surface area contributed by atoms with E-state index in [1.54, 1.807) is 42.5 Å². The monoisotopic (exact) mass is 395 g/mol. The first-order valence-corrected chi connectivity index (χ1v) is 8.37. The second-order valence-electron chi connectivity index (χ2n) is 5.20. The molecule has 2 N–H and O–H groups in total. The van der Waals surface area contributed by atoms with Crippen molar-refractivity contribution in [1.82, 2.24) is 0 Å². The summed E-state index contributed by atoms with van der Waals surface area (Å²) >= 11 is 18.1. The quantitative estimate of drug-likeness (QED) is 0.599. The van der Waals surface area contributed by atoms with Crippen molar-refractivity contribution < 1.29 is 14.3 Å². The number of carbonyl (C=O) groups excluding carboxylic acids is 1. The molecule has 0 fully saturated rings. The molecule has 0 unspecified atom stereocenters. The Kier molecular flexibility index (Phi) is 5.35. The molecule has 0 aliphatic rings. The lowest BCUT2D eigenvalue weighted by Crippen LogP contribution is -2.12. The molecule has 0 radical (unpaired) electrons. The minimum Gasteiger partial charge on any atom is -0.459 e. The highest BCUT2D eigenvalue weighted by atomic mass is 35.5. The number of carbonyl (C=O) groups is 1. The molecule has 0 atom stereocenters. The Morgan fingerprint density at radius 3 is 2.48 bits per heavy atom. The van der Waals surface area contributed by atoms with Crippen molar-refractivity contribution in [3.05, 3.63) is 74.9 Å². The van der Waals surface area contributed by atoms with Crippen LogP contribution in [0.4, 0.5) is 5.69 Å². The van der Waals surface area contributed by atoms with Gasteiger partial charge in [0.2, 0.25) is 0 Å². The standard InChI is InChI=1S/C18H12Cl3NO3/c19-10-1-4-13(16(21)7-10)18(24)22-11-2-5-15(20)14(8-11)17-6-3-12(9-23)25-17/h1-8,23H,9H2,(H,22,24). The number of rotatable bonds is 4. The molecule has 4 nitrogen and oxygen atoms in total. The van der Waals surface area contributed by atoms with E-state index in [-0.39, 0.29) is 17.5 Å².